The van der Waals surface area contributed by atoms with Gasteiger partial charge in [-0.25, -0.2) is 0 Å². The minimum absolute atomic E-state index is 0.708. The Morgan fingerprint density at radius 1 is 1.39 bits per heavy atom. The topological polar surface area (TPSA) is 29.9 Å². The highest BCUT2D eigenvalue weighted by atomic mass is 79.9. The summed E-state index contributed by atoms with van der Waals surface area (Å²) in [6.45, 7) is 4.45. The lowest BCUT2D eigenvalue weighted by Gasteiger charge is -2.37. The summed E-state index contributed by atoms with van der Waals surface area (Å²) in [4.78, 5) is 0. The lowest BCUT2D eigenvalue weighted by atomic mass is 9.71. The normalized spacial score (nSPS) is 27.2. The van der Waals surface area contributed by atoms with E-state index in [-0.39, 0.29) is 0 Å². The first-order valence-corrected chi connectivity index (χ1v) is 8.03. The lowest BCUT2D eigenvalue weighted by Crippen LogP contribution is -2.36. The Labute approximate surface area is 117 Å². The molecule has 0 amide bonds. The average Bonchev–Trinajstić information content (AvgIpc) is 3.08. The predicted molar refractivity (Wildman–Crippen MR) is 76.7 cm³/mol. The molecular formula is C14H22BrN3. The second-order valence-corrected chi connectivity index (χ2v) is 6.58. The standard InChI is InChI=1S/C14H22BrN3/c1-2-7-18-14(13(15)9-17-18)12-6-3-10(12)8-16-11-4-5-11/h9-12,16H,2-8H2,1H3. The number of hydrogen-bond donors (Lipinski definition) is 1. The van der Waals surface area contributed by atoms with Gasteiger partial charge in [-0.15, -0.1) is 0 Å². The largest absolute Gasteiger partial charge is 0.314 e. The fourth-order valence-electron chi connectivity index (χ4n) is 2.91. The minimum Gasteiger partial charge on any atom is -0.314 e. The van der Waals surface area contributed by atoms with Crippen LogP contribution in [0.3, 0.4) is 0 Å². The number of aryl methyl sites for hydroxylation is 1. The predicted octanol–water partition coefficient (Wildman–Crippen LogP) is 3.30. The van der Waals surface area contributed by atoms with Crippen molar-refractivity contribution in [1.82, 2.24) is 15.1 Å². The summed E-state index contributed by atoms with van der Waals surface area (Å²) in [5.74, 6) is 1.52. The van der Waals surface area contributed by atoms with Gasteiger partial charge in [0.1, 0.15) is 0 Å². The molecule has 0 aromatic carbocycles. The molecule has 0 radical (unpaired) electrons. The molecule has 4 heteroatoms. The molecule has 0 saturated heterocycles. The van der Waals surface area contributed by atoms with E-state index < -0.39 is 0 Å². The van der Waals surface area contributed by atoms with Crippen molar-refractivity contribution in [3.63, 3.8) is 0 Å². The molecule has 2 saturated carbocycles. The summed E-state index contributed by atoms with van der Waals surface area (Å²) in [6.07, 6.45) is 8.58. The molecule has 2 unspecified atom stereocenters. The van der Waals surface area contributed by atoms with Gasteiger partial charge in [0.15, 0.2) is 0 Å². The van der Waals surface area contributed by atoms with Crippen LogP contribution in [-0.2, 0) is 6.54 Å². The smallest absolute Gasteiger partial charge is 0.0635 e. The van der Waals surface area contributed by atoms with Crippen LogP contribution >= 0.6 is 15.9 Å². The fraction of sp³-hybridized carbons (Fsp3) is 0.786. The maximum absolute atomic E-state index is 4.50. The van der Waals surface area contributed by atoms with Gasteiger partial charge in [-0.1, -0.05) is 6.92 Å². The van der Waals surface area contributed by atoms with E-state index in [2.05, 4.69) is 38.0 Å². The summed E-state index contributed by atoms with van der Waals surface area (Å²) < 4.78 is 3.41. The van der Waals surface area contributed by atoms with Crippen LogP contribution in [0.25, 0.3) is 0 Å². The zero-order valence-corrected chi connectivity index (χ0v) is 12.6. The van der Waals surface area contributed by atoms with Crippen molar-refractivity contribution in [2.75, 3.05) is 6.54 Å². The lowest BCUT2D eigenvalue weighted by molar-refractivity contribution is 0.232. The van der Waals surface area contributed by atoms with Crippen LogP contribution < -0.4 is 5.32 Å². The highest BCUT2D eigenvalue weighted by Crippen LogP contribution is 2.44. The first kappa shape index (κ1) is 12.7. The molecule has 2 aliphatic rings. The number of nitrogens with one attached hydrogen (secondary N) is 1. The van der Waals surface area contributed by atoms with Gasteiger partial charge in [0, 0.05) is 18.5 Å². The zero-order chi connectivity index (χ0) is 12.5. The summed E-state index contributed by atoms with van der Waals surface area (Å²) in [5.41, 5.74) is 1.44. The van der Waals surface area contributed by atoms with Crippen LogP contribution in [-0.4, -0.2) is 22.4 Å². The van der Waals surface area contributed by atoms with Crippen molar-refractivity contribution in [1.29, 1.82) is 0 Å². The second kappa shape index (κ2) is 5.33. The Kier molecular flexibility index (Phi) is 3.76. The number of nitrogens with zero attached hydrogens (tertiary/aromatic N) is 2. The fourth-order valence-corrected chi connectivity index (χ4v) is 3.50. The number of rotatable bonds is 6. The van der Waals surface area contributed by atoms with Crippen molar-refractivity contribution in [3.05, 3.63) is 16.4 Å². The monoisotopic (exact) mass is 311 g/mol. The van der Waals surface area contributed by atoms with E-state index in [9.17, 15) is 0 Å². The van der Waals surface area contributed by atoms with E-state index in [1.54, 1.807) is 0 Å². The van der Waals surface area contributed by atoms with Gasteiger partial charge in [-0.3, -0.25) is 4.68 Å². The van der Waals surface area contributed by atoms with E-state index in [4.69, 9.17) is 0 Å². The van der Waals surface area contributed by atoms with Gasteiger partial charge >= 0.3 is 0 Å². The number of hydrogen-bond acceptors (Lipinski definition) is 2. The molecule has 2 fully saturated rings. The molecule has 3 rings (SSSR count). The van der Waals surface area contributed by atoms with Crippen LogP contribution in [0.15, 0.2) is 10.7 Å². The summed E-state index contributed by atoms with van der Waals surface area (Å²) in [5, 5.41) is 8.18. The summed E-state index contributed by atoms with van der Waals surface area (Å²) in [7, 11) is 0. The molecule has 1 heterocycles. The SMILES string of the molecule is CCCn1ncc(Br)c1C1CCC1CNC1CC1. The van der Waals surface area contributed by atoms with E-state index in [0.717, 1.165) is 24.9 Å². The van der Waals surface area contributed by atoms with Crippen molar-refractivity contribution in [2.24, 2.45) is 5.92 Å². The van der Waals surface area contributed by atoms with Crippen LogP contribution in [0.5, 0.6) is 0 Å². The summed E-state index contributed by atoms with van der Waals surface area (Å²) in [6, 6.07) is 0.829. The molecule has 0 aliphatic heterocycles. The molecule has 1 aromatic rings. The first-order chi connectivity index (χ1) is 8.79. The van der Waals surface area contributed by atoms with Crippen molar-refractivity contribution in [2.45, 2.75) is 57.5 Å². The highest BCUT2D eigenvalue weighted by molar-refractivity contribution is 9.10. The summed E-state index contributed by atoms with van der Waals surface area (Å²) >= 11 is 3.68. The third-order valence-electron chi connectivity index (χ3n) is 4.28. The van der Waals surface area contributed by atoms with Gasteiger partial charge in [-0.05, 0) is 60.5 Å². The Hall–Kier alpha value is -0.350. The molecule has 100 valence electrons. The van der Waals surface area contributed by atoms with Gasteiger partial charge in [0.05, 0.1) is 16.4 Å². The minimum atomic E-state index is 0.708. The molecule has 0 spiro atoms. The third-order valence-corrected chi connectivity index (χ3v) is 4.89. The third kappa shape index (κ3) is 2.50. The average molecular weight is 312 g/mol. The molecular weight excluding hydrogens is 290 g/mol. The second-order valence-electron chi connectivity index (χ2n) is 5.73. The number of halogens is 1. The Morgan fingerprint density at radius 2 is 2.22 bits per heavy atom. The van der Waals surface area contributed by atoms with Crippen LogP contribution in [0.1, 0.15) is 50.6 Å². The maximum atomic E-state index is 4.50. The van der Waals surface area contributed by atoms with Crippen LogP contribution in [0.4, 0.5) is 0 Å². The van der Waals surface area contributed by atoms with Crippen LogP contribution in [0, 0.1) is 5.92 Å². The molecule has 3 nitrogen and oxygen atoms in total. The van der Waals surface area contributed by atoms with Gasteiger partial charge in [-0.2, -0.15) is 5.10 Å². The van der Waals surface area contributed by atoms with Gasteiger partial charge in [0.2, 0.25) is 0 Å². The van der Waals surface area contributed by atoms with Gasteiger partial charge < -0.3 is 5.32 Å². The Morgan fingerprint density at radius 3 is 2.83 bits per heavy atom. The van der Waals surface area contributed by atoms with E-state index in [0.29, 0.717) is 5.92 Å². The van der Waals surface area contributed by atoms with E-state index in [1.807, 2.05) is 6.20 Å². The van der Waals surface area contributed by atoms with Gasteiger partial charge in [0.25, 0.3) is 0 Å². The first-order valence-electron chi connectivity index (χ1n) is 7.24. The van der Waals surface area contributed by atoms with E-state index >= 15 is 0 Å². The highest BCUT2D eigenvalue weighted by Gasteiger charge is 2.36. The Balaban J connectivity index is 1.67. The molecule has 1 N–H and O–H groups in total. The zero-order valence-electron chi connectivity index (χ0n) is 11.0. The number of aromatic nitrogens is 2. The maximum Gasteiger partial charge on any atom is 0.0635 e. The molecule has 0 bridgehead atoms. The molecule has 2 atom stereocenters. The molecule has 1 aromatic heterocycles. The van der Waals surface area contributed by atoms with Crippen molar-refractivity contribution >= 4 is 15.9 Å². The van der Waals surface area contributed by atoms with Crippen molar-refractivity contribution < 1.29 is 0 Å². The Bertz CT molecular complexity index is 411. The van der Waals surface area contributed by atoms with Crippen LogP contribution in [0.2, 0.25) is 0 Å². The molecule has 18 heavy (non-hydrogen) atoms. The van der Waals surface area contributed by atoms with Crippen molar-refractivity contribution in [3.8, 4) is 0 Å². The van der Waals surface area contributed by atoms with E-state index in [1.165, 1.54) is 42.4 Å². The molecule has 2 aliphatic carbocycles. The quantitative estimate of drug-likeness (QED) is 0.873.